The maximum atomic E-state index is 13.0. The lowest BCUT2D eigenvalue weighted by molar-refractivity contribution is -0.384. The highest BCUT2D eigenvalue weighted by molar-refractivity contribution is 8.18. The van der Waals surface area contributed by atoms with Gasteiger partial charge in [-0.1, -0.05) is 60.7 Å². The lowest BCUT2D eigenvalue weighted by Crippen LogP contribution is -2.27. The number of carbonyl (C=O) groups is 2. The minimum atomic E-state index is -0.498. The van der Waals surface area contributed by atoms with Crippen molar-refractivity contribution in [2.24, 2.45) is 0 Å². The number of ether oxygens (including phenoxy) is 2. The Hall–Kier alpha value is -4.63. The maximum Gasteiger partial charge on any atom is 0.293 e. The van der Waals surface area contributed by atoms with E-state index in [2.05, 4.69) is 18.2 Å². The maximum absolute atomic E-state index is 13.0. The number of fused-ring (bicyclic) bond motifs is 1. The highest BCUT2D eigenvalue weighted by atomic mass is 32.2. The molecule has 0 saturated carbocycles. The number of carbonyl (C=O) groups excluding carboxylic acids is 2. The van der Waals surface area contributed by atoms with Gasteiger partial charge in [-0.3, -0.25) is 24.6 Å². The largest absolute Gasteiger partial charge is 0.493 e. The molecule has 8 nitrogen and oxygen atoms in total. The zero-order valence-corrected chi connectivity index (χ0v) is 21.1. The minimum absolute atomic E-state index is 0.0298. The molecular weight excluding hydrogens is 504 g/mol. The van der Waals surface area contributed by atoms with Crippen LogP contribution in [-0.2, 0) is 17.9 Å². The molecule has 2 amide bonds. The summed E-state index contributed by atoms with van der Waals surface area (Å²) in [4.78, 5) is 37.3. The Balaban J connectivity index is 1.34. The number of hydrogen-bond acceptors (Lipinski definition) is 7. The third kappa shape index (κ3) is 5.23. The molecule has 0 N–H and O–H groups in total. The summed E-state index contributed by atoms with van der Waals surface area (Å²) >= 11 is 0.850. The topological polar surface area (TPSA) is 99.0 Å². The van der Waals surface area contributed by atoms with E-state index in [1.165, 1.54) is 24.3 Å². The van der Waals surface area contributed by atoms with Crippen molar-refractivity contribution in [3.8, 4) is 11.5 Å². The Kier molecular flexibility index (Phi) is 7.10. The molecule has 1 aliphatic rings. The summed E-state index contributed by atoms with van der Waals surface area (Å²) < 4.78 is 11.6. The molecule has 0 spiro atoms. The van der Waals surface area contributed by atoms with Crippen LogP contribution in [0.1, 0.15) is 16.7 Å². The Morgan fingerprint density at radius 3 is 2.47 bits per heavy atom. The Morgan fingerprint density at radius 1 is 0.947 bits per heavy atom. The van der Waals surface area contributed by atoms with E-state index in [0.29, 0.717) is 29.2 Å². The molecule has 0 aliphatic carbocycles. The van der Waals surface area contributed by atoms with Gasteiger partial charge in [0.15, 0.2) is 11.5 Å². The number of nitro groups is 1. The fourth-order valence-electron chi connectivity index (χ4n) is 4.16. The molecule has 190 valence electrons. The van der Waals surface area contributed by atoms with Crippen molar-refractivity contribution < 1.29 is 24.0 Å². The summed E-state index contributed by atoms with van der Waals surface area (Å²) in [6.07, 6.45) is 1.64. The second-order valence-corrected chi connectivity index (χ2v) is 9.52. The number of nitro benzene ring substituents is 1. The molecule has 5 rings (SSSR count). The number of non-ortho nitro benzene ring substituents is 1. The molecule has 0 bridgehead atoms. The summed E-state index contributed by atoms with van der Waals surface area (Å²) in [6, 6.07) is 25.2. The summed E-state index contributed by atoms with van der Waals surface area (Å²) in [7, 11) is 1.56. The molecule has 0 radical (unpaired) electrons. The van der Waals surface area contributed by atoms with Crippen molar-refractivity contribution >= 4 is 45.4 Å². The Bertz CT molecular complexity index is 1580. The van der Waals surface area contributed by atoms with E-state index in [1.54, 1.807) is 31.4 Å². The van der Waals surface area contributed by atoms with E-state index >= 15 is 0 Å². The lowest BCUT2D eigenvalue weighted by Gasteiger charge is -2.13. The van der Waals surface area contributed by atoms with Gasteiger partial charge in [-0.25, -0.2) is 0 Å². The second-order valence-electron chi connectivity index (χ2n) is 8.53. The summed E-state index contributed by atoms with van der Waals surface area (Å²) in [6.45, 7) is 0.356. The smallest absolute Gasteiger partial charge is 0.293 e. The van der Waals surface area contributed by atoms with Gasteiger partial charge < -0.3 is 9.47 Å². The fourth-order valence-corrected chi connectivity index (χ4v) is 5.00. The summed E-state index contributed by atoms with van der Waals surface area (Å²) in [5.74, 6) is 0.639. The van der Waals surface area contributed by atoms with Gasteiger partial charge in [0.05, 0.1) is 23.5 Å². The summed E-state index contributed by atoms with van der Waals surface area (Å²) in [5, 5.41) is 12.7. The van der Waals surface area contributed by atoms with Crippen LogP contribution in [0.15, 0.2) is 89.8 Å². The average Bonchev–Trinajstić information content (AvgIpc) is 3.19. The van der Waals surface area contributed by atoms with Crippen LogP contribution in [-0.4, -0.2) is 28.1 Å². The van der Waals surface area contributed by atoms with Gasteiger partial charge in [0.25, 0.3) is 16.8 Å². The van der Waals surface area contributed by atoms with E-state index in [4.69, 9.17) is 9.47 Å². The first-order valence-electron chi connectivity index (χ1n) is 11.7. The molecule has 0 unspecified atom stereocenters. The number of thioether (sulfide) groups is 1. The molecule has 38 heavy (non-hydrogen) atoms. The van der Waals surface area contributed by atoms with Gasteiger partial charge in [0, 0.05) is 12.1 Å². The fraction of sp³-hybridized carbons (Fsp3) is 0.103. The Morgan fingerprint density at radius 2 is 1.71 bits per heavy atom. The lowest BCUT2D eigenvalue weighted by atomic mass is 10.1. The summed E-state index contributed by atoms with van der Waals surface area (Å²) in [5.41, 5.74) is 2.27. The molecule has 4 aromatic carbocycles. The molecule has 0 atom stereocenters. The highest BCUT2D eigenvalue weighted by Crippen LogP contribution is 2.36. The van der Waals surface area contributed by atoms with Crippen molar-refractivity contribution in [2.75, 3.05) is 7.11 Å². The van der Waals surface area contributed by atoms with Crippen molar-refractivity contribution in [3.63, 3.8) is 0 Å². The van der Waals surface area contributed by atoms with Crippen molar-refractivity contribution in [2.45, 2.75) is 13.2 Å². The number of benzene rings is 4. The minimum Gasteiger partial charge on any atom is -0.493 e. The van der Waals surface area contributed by atoms with Crippen molar-refractivity contribution in [1.29, 1.82) is 0 Å². The van der Waals surface area contributed by atoms with E-state index in [9.17, 15) is 19.7 Å². The van der Waals surface area contributed by atoms with Crippen LogP contribution in [0, 0.1) is 10.1 Å². The van der Waals surface area contributed by atoms with Crippen LogP contribution in [0.25, 0.3) is 16.8 Å². The van der Waals surface area contributed by atoms with Crippen LogP contribution in [0.5, 0.6) is 11.5 Å². The monoisotopic (exact) mass is 526 g/mol. The molecule has 9 heteroatoms. The van der Waals surface area contributed by atoms with Gasteiger partial charge in [-0.2, -0.15) is 0 Å². The van der Waals surface area contributed by atoms with Gasteiger partial charge in [0.1, 0.15) is 6.61 Å². The van der Waals surface area contributed by atoms with E-state index < -0.39 is 16.1 Å². The molecule has 4 aromatic rings. The number of rotatable bonds is 8. The van der Waals surface area contributed by atoms with Crippen LogP contribution in [0.3, 0.4) is 0 Å². The number of methoxy groups -OCH3 is 1. The predicted octanol–water partition coefficient (Wildman–Crippen LogP) is 6.57. The molecular formula is C29H22N2O6S. The first-order valence-corrected chi connectivity index (χ1v) is 12.5. The molecule has 1 fully saturated rings. The first-order chi connectivity index (χ1) is 18.4. The first kappa shape index (κ1) is 25.0. The molecule has 1 saturated heterocycles. The number of nitrogens with zero attached hydrogens (tertiary/aromatic N) is 2. The number of imide groups is 1. The van der Waals surface area contributed by atoms with Crippen molar-refractivity contribution in [1.82, 2.24) is 4.90 Å². The molecule has 1 aliphatic heterocycles. The van der Waals surface area contributed by atoms with Crippen LogP contribution in [0.4, 0.5) is 10.5 Å². The van der Waals surface area contributed by atoms with Gasteiger partial charge in [-0.15, -0.1) is 0 Å². The Labute approximate surface area is 222 Å². The van der Waals surface area contributed by atoms with Gasteiger partial charge in [0.2, 0.25) is 0 Å². The SMILES string of the molecule is COc1ccc(/C=C2\SC(=O)N(Cc3ccc([N+](=O)[O-])cc3)C2=O)cc1OCc1cccc2ccccc12. The number of amides is 2. The van der Waals surface area contributed by atoms with E-state index in [1.807, 2.05) is 24.3 Å². The second kappa shape index (κ2) is 10.8. The standard InChI is InChI=1S/C29H22N2O6S/c1-36-25-14-11-20(15-26(25)37-18-22-7-4-6-21-5-2-3-8-24(21)22)16-27-28(32)30(29(33)38-27)17-19-9-12-23(13-10-19)31(34)35/h2-16H,17-18H2,1H3/b27-16-. The predicted molar refractivity (Wildman–Crippen MR) is 146 cm³/mol. The molecule has 0 aromatic heterocycles. The van der Waals surface area contributed by atoms with Crippen LogP contribution >= 0.6 is 11.8 Å². The van der Waals surface area contributed by atoms with E-state index in [0.717, 1.165) is 33.0 Å². The average molecular weight is 527 g/mol. The molecule has 1 heterocycles. The quantitative estimate of drug-likeness (QED) is 0.145. The van der Waals surface area contributed by atoms with E-state index in [-0.39, 0.29) is 17.1 Å². The normalized spacial score (nSPS) is 14.3. The third-order valence-corrected chi connectivity index (χ3v) is 7.02. The third-order valence-electron chi connectivity index (χ3n) is 6.11. The zero-order chi connectivity index (χ0) is 26.6. The number of hydrogen-bond donors (Lipinski definition) is 0. The van der Waals surface area contributed by atoms with Crippen LogP contribution < -0.4 is 9.47 Å². The van der Waals surface area contributed by atoms with Gasteiger partial charge >= 0.3 is 0 Å². The van der Waals surface area contributed by atoms with Crippen LogP contribution in [0.2, 0.25) is 0 Å². The zero-order valence-electron chi connectivity index (χ0n) is 20.3. The highest BCUT2D eigenvalue weighted by Gasteiger charge is 2.35. The van der Waals surface area contributed by atoms with Gasteiger partial charge in [-0.05, 0) is 57.4 Å². The van der Waals surface area contributed by atoms with Crippen molar-refractivity contribution in [3.05, 3.63) is 117 Å².